The molecule has 0 aliphatic carbocycles. The number of piperidine rings is 1. The summed E-state index contributed by atoms with van der Waals surface area (Å²) in [4.78, 5) is 24.5. The Balaban J connectivity index is 1.68. The molecular weight excluding hydrogens is 438 g/mol. The van der Waals surface area contributed by atoms with E-state index in [9.17, 15) is 13.2 Å². The number of hydrogen-bond donors (Lipinski definition) is 0. The average molecular weight is 464 g/mol. The number of rotatable bonds is 3. The van der Waals surface area contributed by atoms with Crippen LogP contribution in [0.25, 0.3) is 11.0 Å². The van der Waals surface area contributed by atoms with Crippen molar-refractivity contribution >= 4 is 43.8 Å². The molecule has 3 aliphatic rings. The van der Waals surface area contributed by atoms with Crippen molar-refractivity contribution in [3.8, 4) is 0 Å². The molecular formula is C20H25N5O4S2. The van der Waals surface area contributed by atoms with Crippen LogP contribution in [0.15, 0.2) is 33.0 Å². The number of sulfonamides is 1. The van der Waals surface area contributed by atoms with Gasteiger partial charge in [0.05, 0.1) is 25.1 Å². The van der Waals surface area contributed by atoms with Crippen molar-refractivity contribution in [3.63, 3.8) is 0 Å². The molecule has 2 aromatic heterocycles. The Morgan fingerprint density at radius 3 is 2.52 bits per heavy atom. The highest BCUT2D eigenvalue weighted by atomic mass is 32.2. The Labute approximate surface area is 185 Å². The molecule has 2 saturated heterocycles. The van der Waals surface area contributed by atoms with Crippen LogP contribution < -0.4 is 10.3 Å². The fourth-order valence-corrected chi connectivity index (χ4v) is 6.61. The van der Waals surface area contributed by atoms with Crippen LogP contribution in [0.3, 0.4) is 0 Å². The Morgan fingerprint density at radius 2 is 1.81 bits per heavy atom. The lowest BCUT2D eigenvalue weighted by Crippen LogP contribution is -2.38. The molecule has 0 radical (unpaired) electrons. The lowest BCUT2D eigenvalue weighted by Gasteiger charge is -2.28. The van der Waals surface area contributed by atoms with E-state index in [-0.39, 0.29) is 4.90 Å². The summed E-state index contributed by atoms with van der Waals surface area (Å²) in [5.74, 6) is 1.57. The number of aliphatic imine (C=N–C) groups is 1. The number of hydrogen-bond acceptors (Lipinski definition) is 8. The van der Waals surface area contributed by atoms with Gasteiger partial charge in [-0.05, 0) is 25.0 Å². The van der Waals surface area contributed by atoms with Crippen LogP contribution in [0.4, 0.5) is 5.82 Å². The van der Waals surface area contributed by atoms with Crippen molar-refractivity contribution < 1.29 is 13.2 Å². The Bertz CT molecular complexity index is 1180. The molecule has 9 nitrogen and oxygen atoms in total. The molecule has 0 amide bonds. The summed E-state index contributed by atoms with van der Waals surface area (Å²) < 4.78 is 35.3. The van der Waals surface area contributed by atoms with Crippen LogP contribution in [-0.4, -0.2) is 79.1 Å². The van der Waals surface area contributed by atoms with Gasteiger partial charge in [-0.25, -0.2) is 13.4 Å². The quantitative estimate of drug-likeness (QED) is 0.678. The number of thioether (sulfide) groups is 1. The molecule has 0 saturated carbocycles. The van der Waals surface area contributed by atoms with E-state index in [0.717, 1.165) is 43.9 Å². The highest BCUT2D eigenvalue weighted by Gasteiger charge is 2.31. The van der Waals surface area contributed by atoms with Gasteiger partial charge in [0, 0.05) is 38.1 Å². The monoisotopic (exact) mass is 463 g/mol. The molecule has 0 spiro atoms. The molecule has 2 fully saturated rings. The first-order valence-electron chi connectivity index (χ1n) is 10.6. The maximum atomic E-state index is 13.4. The summed E-state index contributed by atoms with van der Waals surface area (Å²) in [5.41, 5.74) is -0.0545. The predicted octanol–water partition coefficient (Wildman–Crippen LogP) is 1.36. The first-order chi connectivity index (χ1) is 15.1. The minimum absolute atomic E-state index is 0.196. The van der Waals surface area contributed by atoms with Gasteiger partial charge in [-0.2, -0.15) is 4.31 Å². The molecule has 0 N–H and O–H groups in total. The minimum Gasteiger partial charge on any atom is -0.378 e. The van der Waals surface area contributed by atoms with E-state index >= 15 is 0 Å². The van der Waals surface area contributed by atoms with Crippen LogP contribution in [0.1, 0.15) is 19.3 Å². The molecule has 0 unspecified atom stereocenters. The van der Waals surface area contributed by atoms with E-state index in [1.54, 1.807) is 28.5 Å². The summed E-state index contributed by atoms with van der Waals surface area (Å²) in [6.07, 6.45) is 4.07. The SMILES string of the molecule is O=c1c(S(=O)(=O)N2CCCCC2)cn(C2=NCCS2)c2nc(N3CCOCC3)ccc12. The number of fused-ring (bicyclic) bond motifs is 1. The third kappa shape index (κ3) is 3.88. The van der Waals surface area contributed by atoms with Gasteiger partial charge in [0.25, 0.3) is 0 Å². The third-order valence-corrected chi connectivity index (χ3v) is 8.71. The maximum Gasteiger partial charge on any atom is 0.248 e. The number of anilines is 1. The van der Waals surface area contributed by atoms with Gasteiger partial charge in [-0.3, -0.25) is 14.4 Å². The zero-order valence-corrected chi connectivity index (χ0v) is 18.8. The molecule has 5 rings (SSSR count). The van der Waals surface area contributed by atoms with E-state index in [0.29, 0.717) is 49.0 Å². The smallest absolute Gasteiger partial charge is 0.248 e. The van der Waals surface area contributed by atoms with Gasteiger partial charge in [-0.15, -0.1) is 0 Å². The minimum atomic E-state index is -3.89. The van der Waals surface area contributed by atoms with Crippen LogP contribution in [0.2, 0.25) is 0 Å². The predicted molar refractivity (Wildman–Crippen MR) is 122 cm³/mol. The topological polar surface area (TPSA) is 97.1 Å². The summed E-state index contributed by atoms with van der Waals surface area (Å²) >= 11 is 1.54. The fraction of sp³-hybridized carbons (Fsp3) is 0.550. The van der Waals surface area contributed by atoms with E-state index in [1.165, 1.54) is 10.5 Å². The highest BCUT2D eigenvalue weighted by Crippen LogP contribution is 2.25. The summed E-state index contributed by atoms with van der Waals surface area (Å²) in [6.45, 7) is 4.25. The normalized spacial score (nSPS) is 20.9. The van der Waals surface area contributed by atoms with E-state index in [1.807, 2.05) is 0 Å². The summed E-state index contributed by atoms with van der Waals surface area (Å²) in [7, 11) is -3.89. The Morgan fingerprint density at radius 1 is 1.03 bits per heavy atom. The maximum absolute atomic E-state index is 13.4. The van der Waals surface area contributed by atoms with Crippen molar-refractivity contribution in [2.24, 2.45) is 4.99 Å². The standard InChI is InChI=1S/C20H25N5O4S2/c26-18-15-4-5-17(23-9-11-29-12-10-23)22-19(15)25(20-21-6-13-30-20)14-16(18)31(27,28)24-7-2-1-3-8-24/h4-5,14H,1-3,6-13H2. The number of nitrogens with zero attached hydrogens (tertiary/aromatic N) is 5. The van der Waals surface area contributed by atoms with Crippen molar-refractivity contribution in [3.05, 3.63) is 28.6 Å². The molecule has 31 heavy (non-hydrogen) atoms. The Kier molecular flexibility index (Phi) is 5.76. The second-order valence-corrected chi connectivity index (χ2v) is 10.8. The molecule has 166 valence electrons. The van der Waals surface area contributed by atoms with E-state index in [4.69, 9.17) is 9.72 Å². The van der Waals surface area contributed by atoms with E-state index in [2.05, 4.69) is 9.89 Å². The van der Waals surface area contributed by atoms with Crippen molar-refractivity contribution in [2.45, 2.75) is 24.2 Å². The molecule has 5 heterocycles. The average Bonchev–Trinajstić information content (AvgIpc) is 3.35. The zero-order valence-electron chi connectivity index (χ0n) is 17.2. The Hall–Kier alpha value is -1.95. The van der Waals surface area contributed by atoms with E-state index < -0.39 is 15.5 Å². The first kappa shape index (κ1) is 20.9. The summed E-state index contributed by atoms with van der Waals surface area (Å²) in [6, 6.07) is 3.49. The van der Waals surface area contributed by atoms with Gasteiger partial charge < -0.3 is 9.64 Å². The fourth-order valence-electron chi connectivity index (χ4n) is 4.18. The van der Waals surface area contributed by atoms with Gasteiger partial charge in [-0.1, -0.05) is 18.2 Å². The number of aromatic nitrogens is 2. The highest BCUT2D eigenvalue weighted by molar-refractivity contribution is 8.14. The lowest BCUT2D eigenvalue weighted by molar-refractivity contribution is 0.122. The zero-order chi connectivity index (χ0) is 21.4. The van der Waals surface area contributed by atoms with Gasteiger partial charge in [0.15, 0.2) is 10.8 Å². The van der Waals surface area contributed by atoms with Crippen molar-refractivity contribution in [1.29, 1.82) is 0 Å². The van der Waals surface area contributed by atoms with Crippen molar-refractivity contribution in [2.75, 3.05) is 56.6 Å². The van der Waals surface area contributed by atoms with Gasteiger partial charge in [0.2, 0.25) is 15.5 Å². The molecule has 0 atom stereocenters. The van der Waals surface area contributed by atoms with Crippen LogP contribution >= 0.6 is 11.8 Å². The number of ether oxygens (including phenoxy) is 1. The van der Waals surface area contributed by atoms with Crippen LogP contribution in [0.5, 0.6) is 0 Å². The van der Waals surface area contributed by atoms with Crippen LogP contribution in [0, 0.1) is 0 Å². The van der Waals surface area contributed by atoms with Crippen molar-refractivity contribution in [1.82, 2.24) is 13.9 Å². The number of pyridine rings is 2. The van der Waals surface area contributed by atoms with Crippen LogP contribution in [-0.2, 0) is 14.8 Å². The molecule has 0 bridgehead atoms. The third-order valence-electron chi connectivity index (χ3n) is 5.85. The van der Waals surface area contributed by atoms with Gasteiger partial charge in [0.1, 0.15) is 10.7 Å². The number of morpholine rings is 1. The molecule has 11 heteroatoms. The first-order valence-corrected chi connectivity index (χ1v) is 13.1. The second-order valence-electron chi connectivity index (χ2n) is 7.81. The lowest BCUT2D eigenvalue weighted by atomic mass is 10.2. The second kappa shape index (κ2) is 8.53. The largest absolute Gasteiger partial charge is 0.378 e. The summed E-state index contributed by atoms with van der Waals surface area (Å²) in [5, 5.41) is 0.969. The molecule has 3 aliphatic heterocycles. The van der Waals surface area contributed by atoms with Gasteiger partial charge >= 0.3 is 0 Å². The molecule has 2 aromatic rings. The molecule has 0 aromatic carbocycles.